The fourth-order valence-electron chi connectivity index (χ4n) is 2.02. The van der Waals surface area contributed by atoms with Gasteiger partial charge < -0.3 is 24.7 Å². The molecule has 96 valence electrons. The second kappa shape index (κ2) is 4.61. The van der Waals surface area contributed by atoms with Crippen molar-refractivity contribution in [2.24, 2.45) is 5.73 Å². The van der Waals surface area contributed by atoms with Gasteiger partial charge in [0.25, 0.3) is 0 Å². The van der Waals surface area contributed by atoms with Crippen molar-refractivity contribution in [3.05, 3.63) is 12.3 Å². The summed E-state index contributed by atoms with van der Waals surface area (Å²) in [7, 11) is 1.60. The molecule has 17 heavy (non-hydrogen) atoms. The topological polar surface area (TPSA) is 99.3 Å². The van der Waals surface area contributed by atoms with Crippen LogP contribution in [0.15, 0.2) is 12.3 Å². The Balaban J connectivity index is 2.09. The highest BCUT2D eigenvalue weighted by atomic mass is 16.5. The number of likely N-dealkylation sites (N-methyl/N-ethyl adjacent to an activating group) is 1. The maximum absolute atomic E-state index is 11.4. The lowest BCUT2D eigenvalue weighted by Crippen LogP contribution is -2.58. The molecule has 2 heterocycles. The molecule has 0 bridgehead atoms. The second-order valence-corrected chi connectivity index (χ2v) is 4.24. The highest BCUT2D eigenvalue weighted by Gasteiger charge is 2.39. The summed E-state index contributed by atoms with van der Waals surface area (Å²) in [5.41, 5.74) is 5.88. The molecule has 1 amide bonds. The first-order valence-electron chi connectivity index (χ1n) is 5.47. The Morgan fingerprint density at radius 2 is 2.35 bits per heavy atom. The number of carbonyl (C=O) groups is 1. The molecule has 0 aromatic heterocycles. The summed E-state index contributed by atoms with van der Waals surface area (Å²) in [4.78, 5) is 14.4. The summed E-state index contributed by atoms with van der Waals surface area (Å²) >= 11 is 0. The minimum atomic E-state index is -0.714. The van der Waals surface area contributed by atoms with Crippen LogP contribution in [-0.2, 0) is 9.53 Å². The molecule has 0 aliphatic carbocycles. The first kappa shape index (κ1) is 12.3. The number of carbonyl (C=O) groups excluding carboxylic acids is 1. The third kappa shape index (κ3) is 2.14. The molecule has 0 radical (unpaired) electrons. The van der Waals surface area contributed by atoms with Crippen molar-refractivity contribution in [2.45, 2.75) is 31.1 Å². The molecular formula is C10H17N3O4. The lowest BCUT2D eigenvalue weighted by Gasteiger charge is -2.39. The highest BCUT2D eigenvalue weighted by molar-refractivity contribution is 5.88. The van der Waals surface area contributed by atoms with Crippen LogP contribution in [0.25, 0.3) is 0 Å². The number of rotatable bonds is 2. The largest absolute Gasteiger partial charge is 0.394 e. The minimum absolute atomic E-state index is 0.175. The van der Waals surface area contributed by atoms with Gasteiger partial charge in [0.15, 0.2) is 6.29 Å². The number of aliphatic hydroxyl groups is 2. The number of nitrogens with two attached hydrogens (primary N) is 1. The third-order valence-corrected chi connectivity index (χ3v) is 3.16. The fourth-order valence-corrected chi connectivity index (χ4v) is 2.02. The number of hydrogen-bond donors (Lipinski definition) is 3. The van der Waals surface area contributed by atoms with Crippen molar-refractivity contribution in [2.75, 3.05) is 13.7 Å². The average molecular weight is 243 g/mol. The van der Waals surface area contributed by atoms with E-state index in [0.29, 0.717) is 6.42 Å². The van der Waals surface area contributed by atoms with Gasteiger partial charge in [-0.2, -0.15) is 0 Å². The summed E-state index contributed by atoms with van der Waals surface area (Å²) in [6, 6.07) is 0. The van der Waals surface area contributed by atoms with Gasteiger partial charge in [-0.1, -0.05) is 0 Å². The molecule has 0 spiro atoms. The van der Waals surface area contributed by atoms with Gasteiger partial charge in [0.1, 0.15) is 12.3 Å². The fraction of sp³-hybridized carbons (Fsp3) is 0.700. The Morgan fingerprint density at radius 3 is 2.94 bits per heavy atom. The van der Waals surface area contributed by atoms with E-state index in [4.69, 9.17) is 15.6 Å². The predicted octanol–water partition coefficient (Wildman–Crippen LogP) is -2.02. The van der Waals surface area contributed by atoms with Crippen molar-refractivity contribution in [3.8, 4) is 0 Å². The lowest BCUT2D eigenvalue weighted by atomic mass is 10.2. The maximum Gasteiger partial charge on any atom is 0.250 e. The number of aliphatic hydroxyl groups excluding tert-OH is 2. The second-order valence-electron chi connectivity index (χ2n) is 4.24. The normalized spacial score (nSPS) is 38.0. The van der Waals surface area contributed by atoms with Crippen LogP contribution < -0.4 is 5.73 Å². The SMILES string of the molecule is CN1C(=O)C=CN([C@H]2C[C@H](O)[C@@H](CO)O2)C1N. The number of amides is 1. The van der Waals surface area contributed by atoms with E-state index in [0.717, 1.165) is 0 Å². The minimum Gasteiger partial charge on any atom is -0.394 e. The van der Waals surface area contributed by atoms with Crippen LogP contribution in [0.2, 0.25) is 0 Å². The van der Waals surface area contributed by atoms with Gasteiger partial charge in [-0.25, -0.2) is 0 Å². The van der Waals surface area contributed by atoms with E-state index in [1.165, 1.54) is 11.0 Å². The molecule has 7 nitrogen and oxygen atoms in total. The zero-order valence-corrected chi connectivity index (χ0v) is 9.56. The van der Waals surface area contributed by atoms with Crippen LogP contribution in [0.3, 0.4) is 0 Å². The molecule has 0 aromatic carbocycles. The van der Waals surface area contributed by atoms with Gasteiger partial charge in [0.05, 0.1) is 12.7 Å². The van der Waals surface area contributed by atoms with Crippen LogP contribution in [0.4, 0.5) is 0 Å². The highest BCUT2D eigenvalue weighted by Crippen LogP contribution is 2.25. The average Bonchev–Trinajstić information content (AvgIpc) is 2.67. The van der Waals surface area contributed by atoms with Gasteiger partial charge in [-0.05, 0) is 0 Å². The Morgan fingerprint density at radius 1 is 1.65 bits per heavy atom. The van der Waals surface area contributed by atoms with Crippen molar-refractivity contribution >= 4 is 5.91 Å². The Bertz CT molecular complexity index is 336. The molecule has 4 atom stereocenters. The quantitative estimate of drug-likeness (QED) is 0.518. The Labute approximate surface area is 99.0 Å². The van der Waals surface area contributed by atoms with Crippen molar-refractivity contribution in [3.63, 3.8) is 0 Å². The zero-order chi connectivity index (χ0) is 12.6. The van der Waals surface area contributed by atoms with Crippen LogP contribution >= 0.6 is 0 Å². The first-order chi connectivity index (χ1) is 8.04. The maximum atomic E-state index is 11.4. The predicted molar refractivity (Wildman–Crippen MR) is 58.1 cm³/mol. The van der Waals surface area contributed by atoms with E-state index in [1.807, 2.05) is 0 Å². The number of nitrogens with zero attached hydrogens (tertiary/aromatic N) is 2. The molecule has 2 rings (SSSR count). The van der Waals surface area contributed by atoms with E-state index in [2.05, 4.69) is 0 Å². The summed E-state index contributed by atoms with van der Waals surface area (Å²) in [5.74, 6) is -0.175. The molecular weight excluding hydrogens is 226 g/mol. The third-order valence-electron chi connectivity index (χ3n) is 3.16. The van der Waals surface area contributed by atoms with Crippen LogP contribution in [-0.4, -0.2) is 64.3 Å². The number of ether oxygens (including phenoxy) is 1. The summed E-state index contributed by atoms with van der Waals surface area (Å²) in [5, 5.41) is 18.6. The van der Waals surface area contributed by atoms with E-state index in [-0.39, 0.29) is 12.5 Å². The van der Waals surface area contributed by atoms with Gasteiger partial charge in [-0.3, -0.25) is 10.5 Å². The molecule has 2 aliphatic rings. The van der Waals surface area contributed by atoms with E-state index in [9.17, 15) is 9.90 Å². The monoisotopic (exact) mass is 243 g/mol. The van der Waals surface area contributed by atoms with Crippen LogP contribution in [0.1, 0.15) is 6.42 Å². The standard InChI is InChI=1S/C10H17N3O4/c1-12-8(16)2-3-13(10(12)11)9-4-6(15)7(5-14)17-9/h2-3,6-7,9-10,14-15H,4-5,11H2,1H3/t6-,7+,9+,10?/m0/s1. The number of hydrogen-bond acceptors (Lipinski definition) is 6. The van der Waals surface area contributed by atoms with Crippen molar-refractivity contribution < 1.29 is 19.7 Å². The van der Waals surface area contributed by atoms with Crippen molar-refractivity contribution in [1.29, 1.82) is 0 Å². The molecule has 4 N–H and O–H groups in total. The molecule has 7 heteroatoms. The van der Waals surface area contributed by atoms with Gasteiger partial charge in [0.2, 0.25) is 5.91 Å². The molecule has 1 unspecified atom stereocenters. The summed E-state index contributed by atoms with van der Waals surface area (Å²) in [6.45, 7) is -0.237. The zero-order valence-electron chi connectivity index (χ0n) is 9.56. The Kier molecular flexibility index (Phi) is 3.34. The van der Waals surface area contributed by atoms with E-state index in [1.54, 1.807) is 18.1 Å². The first-order valence-corrected chi connectivity index (χ1v) is 5.47. The van der Waals surface area contributed by atoms with Crippen LogP contribution in [0.5, 0.6) is 0 Å². The van der Waals surface area contributed by atoms with Crippen molar-refractivity contribution in [1.82, 2.24) is 9.80 Å². The smallest absolute Gasteiger partial charge is 0.250 e. The molecule has 1 fully saturated rings. The van der Waals surface area contributed by atoms with Gasteiger partial charge in [0, 0.05) is 25.7 Å². The van der Waals surface area contributed by atoms with E-state index >= 15 is 0 Å². The molecule has 0 aromatic rings. The molecule has 2 aliphatic heterocycles. The van der Waals surface area contributed by atoms with Gasteiger partial charge >= 0.3 is 0 Å². The van der Waals surface area contributed by atoms with Gasteiger partial charge in [-0.15, -0.1) is 0 Å². The summed E-state index contributed by atoms with van der Waals surface area (Å²) < 4.78 is 5.47. The van der Waals surface area contributed by atoms with Crippen LogP contribution in [0, 0.1) is 0 Å². The molecule has 0 saturated carbocycles. The summed E-state index contributed by atoms with van der Waals surface area (Å²) in [6.07, 6.45) is 0.948. The Hall–Kier alpha value is -1.15. The lowest BCUT2D eigenvalue weighted by molar-refractivity contribution is -0.139. The molecule has 1 saturated heterocycles. The van der Waals surface area contributed by atoms with E-state index < -0.39 is 24.7 Å².